The topological polar surface area (TPSA) is 74.7 Å². The Morgan fingerprint density at radius 1 is 1.44 bits per heavy atom. The number of nitrogens with zero attached hydrogens (tertiary/aromatic N) is 1. The van der Waals surface area contributed by atoms with Gasteiger partial charge in [-0.05, 0) is 43.1 Å². The molecule has 1 aliphatic carbocycles. The number of rotatable bonds is 1. The van der Waals surface area contributed by atoms with Gasteiger partial charge in [0.2, 0.25) is 0 Å². The van der Waals surface area contributed by atoms with Crippen LogP contribution in [0.1, 0.15) is 17.7 Å². The second-order valence-electron chi connectivity index (χ2n) is 3.79. The molecule has 0 aromatic carbocycles. The van der Waals surface area contributed by atoms with Gasteiger partial charge in [0.15, 0.2) is 0 Å². The average Bonchev–Trinajstić information content (AvgIpc) is 2.84. The molecule has 0 fully saturated rings. The summed E-state index contributed by atoms with van der Waals surface area (Å²) in [4.78, 5) is 14.8. The van der Waals surface area contributed by atoms with E-state index >= 15 is 0 Å². The van der Waals surface area contributed by atoms with Crippen molar-refractivity contribution in [3.8, 4) is 11.5 Å². The van der Waals surface area contributed by atoms with E-state index in [4.69, 9.17) is 16.6 Å². The Labute approximate surface area is 95.5 Å². The Morgan fingerprint density at radius 2 is 2.31 bits per heavy atom. The van der Waals surface area contributed by atoms with Crippen molar-refractivity contribution in [2.75, 3.05) is 0 Å². The van der Waals surface area contributed by atoms with E-state index in [0.717, 1.165) is 25.0 Å². The lowest BCUT2D eigenvalue weighted by Gasteiger charge is -2.00. The fourth-order valence-corrected chi connectivity index (χ4v) is 2.14. The molecule has 0 saturated carbocycles. The highest BCUT2D eigenvalue weighted by Crippen LogP contribution is 2.22. The molecule has 0 saturated heterocycles. The molecule has 1 aliphatic rings. The molecule has 6 heteroatoms. The number of aryl methyl sites for hydroxylation is 2. The number of aromatic nitrogens is 3. The van der Waals surface area contributed by atoms with Gasteiger partial charge in [-0.2, -0.15) is 0 Å². The van der Waals surface area contributed by atoms with Crippen molar-refractivity contribution >= 4 is 12.2 Å². The first-order valence-corrected chi connectivity index (χ1v) is 5.46. The summed E-state index contributed by atoms with van der Waals surface area (Å²) in [5.41, 5.74) is 2.46. The van der Waals surface area contributed by atoms with E-state index in [1.807, 2.05) is 6.07 Å². The van der Waals surface area contributed by atoms with Gasteiger partial charge in [-0.25, -0.2) is 5.10 Å². The molecule has 2 aromatic heterocycles. The molecule has 2 heterocycles. The Hall–Kier alpha value is -1.69. The molecule has 0 bridgehead atoms. The third-order valence-electron chi connectivity index (χ3n) is 2.76. The van der Waals surface area contributed by atoms with Gasteiger partial charge in [-0.1, -0.05) is 0 Å². The first-order valence-electron chi connectivity index (χ1n) is 5.05. The van der Waals surface area contributed by atoms with Crippen LogP contribution < -0.4 is 5.56 Å². The Bertz CT molecular complexity index is 653. The van der Waals surface area contributed by atoms with Crippen molar-refractivity contribution in [1.82, 2.24) is 15.2 Å². The van der Waals surface area contributed by atoms with Gasteiger partial charge in [0.1, 0.15) is 5.56 Å². The van der Waals surface area contributed by atoms with Crippen LogP contribution in [-0.2, 0) is 12.8 Å². The van der Waals surface area contributed by atoms with E-state index in [1.54, 1.807) is 0 Å². The quantitative estimate of drug-likeness (QED) is 0.736. The minimum Gasteiger partial charge on any atom is -0.409 e. The summed E-state index contributed by atoms with van der Waals surface area (Å²) >= 11 is 4.78. The summed E-state index contributed by atoms with van der Waals surface area (Å²) in [7, 11) is 0. The summed E-state index contributed by atoms with van der Waals surface area (Å²) in [6.07, 6.45) is 3.01. The summed E-state index contributed by atoms with van der Waals surface area (Å²) < 4.78 is 5.14. The van der Waals surface area contributed by atoms with Crippen LogP contribution in [0.3, 0.4) is 0 Å². The lowest BCUT2D eigenvalue weighted by molar-refractivity contribution is 0.551. The third-order valence-corrected chi connectivity index (χ3v) is 2.93. The predicted octanol–water partition coefficient (Wildman–Crippen LogP) is 1.58. The molecular weight excluding hydrogens is 226 g/mol. The molecule has 2 N–H and O–H groups in total. The highest BCUT2D eigenvalue weighted by molar-refractivity contribution is 7.71. The maximum absolute atomic E-state index is 11.8. The van der Waals surface area contributed by atoms with Gasteiger partial charge in [-0.3, -0.25) is 4.79 Å². The maximum atomic E-state index is 11.8. The SMILES string of the molecule is O=c1[nH]c2c(cc1-c1n[nH]c(=S)o1)CCC2. The van der Waals surface area contributed by atoms with Crippen molar-refractivity contribution in [3.63, 3.8) is 0 Å². The minimum atomic E-state index is -0.175. The van der Waals surface area contributed by atoms with Crippen LogP contribution >= 0.6 is 12.2 Å². The second kappa shape index (κ2) is 3.41. The number of H-pyrrole nitrogens is 2. The number of pyridine rings is 1. The second-order valence-corrected chi connectivity index (χ2v) is 4.16. The molecule has 0 aliphatic heterocycles. The van der Waals surface area contributed by atoms with Gasteiger partial charge in [0.25, 0.3) is 16.3 Å². The lowest BCUT2D eigenvalue weighted by atomic mass is 10.1. The van der Waals surface area contributed by atoms with Crippen LogP contribution in [0.25, 0.3) is 11.5 Å². The molecule has 5 nitrogen and oxygen atoms in total. The van der Waals surface area contributed by atoms with Crippen LogP contribution in [0, 0.1) is 4.84 Å². The number of fused-ring (bicyclic) bond motifs is 1. The average molecular weight is 235 g/mol. The minimum absolute atomic E-state index is 0.175. The van der Waals surface area contributed by atoms with E-state index in [-0.39, 0.29) is 16.3 Å². The summed E-state index contributed by atoms with van der Waals surface area (Å²) in [6, 6.07) is 1.84. The zero-order chi connectivity index (χ0) is 11.1. The van der Waals surface area contributed by atoms with Gasteiger partial charge >= 0.3 is 0 Å². The van der Waals surface area contributed by atoms with Crippen molar-refractivity contribution in [2.24, 2.45) is 0 Å². The molecule has 0 radical (unpaired) electrons. The first-order chi connectivity index (χ1) is 7.74. The molecule has 0 atom stereocenters. The van der Waals surface area contributed by atoms with Crippen molar-refractivity contribution in [3.05, 3.63) is 32.5 Å². The number of nitrogens with one attached hydrogen (secondary N) is 2. The molecule has 16 heavy (non-hydrogen) atoms. The third kappa shape index (κ3) is 1.42. The van der Waals surface area contributed by atoms with Crippen LogP contribution in [0.5, 0.6) is 0 Å². The fourth-order valence-electron chi connectivity index (χ4n) is 2.02. The van der Waals surface area contributed by atoms with Crippen LogP contribution in [-0.4, -0.2) is 15.2 Å². The predicted molar refractivity (Wildman–Crippen MR) is 59.8 cm³/mol. The Balaban J connectivity index is 2.22. The zero-order valence-electron chi connectivity index (χ0n) is 8.37. The van der Waals surface area contributed by atoms with Gasteiger partial charge in [0.05, 0.1) is 0 Å². The van der Waals surface area contributed by atoms with Crippen molar-refractivity contribution < 1.29 is 4.42 Å². The summed E-state index contributed by atoms with van der Waals surface area (Å²) in [6.45, 7) is 0. The number of aromatic amines is 2. The molecule has 82 valence electrons. The zero-order valence-corrected chi connectivity index (χ0v) is 9.19. The van der Waals surface area contributed by atoms with Crippen LogP contribution in [0.2, 0.25) is 0 Å². The molecule has 0 amide bonds. The van der Waals surface area contributed by atoms with Crippen LogP contribution in [0.15, 0.2) is 15.3 Å². The Morgan fingerprint density at radius 3 is 3.06 bits per heavy atom. The highest BCUT2D eigenvalue weighted by Gasteiger charge is 2.17. The van der Waals surface area contributed by atoms with E-state index in [9.17, 15) is 4.79 Å². The lowest BCUT2D eigenvalue weighted by Crippen LogP contribution is -2.11. The van der Waals surface area contributed by atoms with Crippen molar-refractivity contribution in [2.45, 2.75) is 19.3 Å². The molecule has 0 spiro atoms. The smallest absolute Gasteiger partial charge is 0.284 e. The van der Waals surface area contributed by atoms with Crippen LogP contribution in [0.4, 0.5) is 0 Å². The molecular formula is C10H9N3O2S. The molecule has 2 aromatic rings. The number of hydrogen-bond donors (Lipinski definition) is 2. The summed E-state index contributed by atoms with van der Waals surface area (Å²) in [5, 5.41) is 6.36. The van der Waals surface area contributed by atoms with E-state index in [2.05, 4.69) is 15.2 Å². The van der Waals surface area contributed by atoms with E-state index in [1.165, 1.54) is 5.56 Å². The van der Waals surface area contributed by atoms with Gasteiger partial charge in [-0.15, -0.1) is 5.10 Å². The first kappa shape index (κ1) is 9.53. The van der Waals surface area contributed by atoms with Gasteiger partial charge < -0.3 is 9.40 Å². The normalized spacial score (nSPS) is 14.0. The van der Waals surface area contributed by atoms with E-state index < -0.39 is 0 Å². The van der Waals surface area contributed by atoms with Gasteiger partial charge in [0, 0.05) is 5.69 Å². The molecule has 0 unspecified atom stereocenters. The fraction of sp³-hybridized carbons (Fsp3) is 0.300. The molecule has 3 rings (SSSR count). The number of hydrogen-bond acceptors (Lipinski definition) is 4. The monoisotopic (exact) mass is 235 g/mol. The maximum Gasteiger partial charge on any atom is 0.284 e. The largest absolute Gasteiger partial charge is 0.409 e. The Kier molecular flexibility index (Phi) is 2.03. The summed E-state index contributed by atoms with van der Waals surface area (Å²) in [5.74, 6) is 0.251. The van der Waals surface area contributed by atoms with E-state index in [0.29, 0.717) is 5.56 Å². The highest BCUT2D eigenvalue weighted by atomic mass is 32.1. The van der Waals surface area contributed by atoms with Crippen molar-refractivity contribution in [1.29, 1.82) is 0 Å². The standard InChI is InChI=1S/C10H9N3O2S/c14-8-6(9-12-13-10(16)15-9)4-5-2-1-3-7(5)11-8/h4H,1-3H2,(H,11,14)(H,13,16).